The fraction of sp³-hybridized carbons (Fsp3) is 0.333. The molecule has 3 N–H and O–H groups in total. The monoisotopic (exact) mass is 154 g/mol. The van der Waals surface area contributed by atoms with Crippen molar-refractivity contribution in [1.29, 1.82) is 0 Å². The number of nitrogens with two attached hydrogens (primary N) is 1. The first-order valence-electron chi connectivity index (χ1n) is 4.91. The lowest BCUT2D eigenvalue weighted by molar-refractivity contribution is 0.153. The van der Waals surface area contributed by atoms with Gasteiger partial charge in [0.15, 0.2) is 0 Å². The molecule has 11 heavy (non-hydrogen) atoms. The molecular weight excluding hydrogens is 138 g/mol. The Morgan fingerprint density at radius 2 is 2.09 bits per heavy atom. The number of benzene rings is 1. The van der Waals surface area contributed by atoms with Gasteiger partial charge in [-0.05, 0) is 12.4 Å². The molecule has 0 bridgehead atoms. The summed E-state index contributed by atoms with van der Waals surface area (Å²) in [5.74, 6) is 0. The predicted molar refractivity (Wildman–Crippen MR) is 45.1 cm³/mol. The van der Waals surface area contributed by atoms with Crippen molar-refractivity contribution in [2.45, 2.75) is 19.0 Å². The fourth-order valence-corrected chi connectivity index (χ4v) is 0.858. The summed E-state index contributed by atoms with van der Waals surface area (Å²) in [7, 11) is 0. The molecule has 1 aromatic carbocycles. The van der Waals surface area contributed by atoms with E-state index in [2.05, 4.69) is 0 Å². The van der Waals surface area contributed by atoms with E-state index in [9.17, 15) is 5.11 Å². The highest BCUT2D eigenvalue weighted by atomic mass is 16.3. The Morgan fingerprint density at radius 1 is 1.45 bits per heavy atom. The molecule has 0 amide bonds. The Kier molecular flexibility index (Phi) is 1.56. The van der Waals surface area contributed by atoms with Crippen molar-refractivity contribution in [2.75, 3.05) is 0 Å². The number of aliphatic hydroxyl groups excluding tert-OH is 1. The summed E-state index contributed by atoms with van der Waals surface area (Å²) in [6, 6.07) is 7.30. The van der Waals surface area contributed by atoms with Crippen molar-refractivity contribution in [3.63, 3.8) is 0 Å². The van der Waals surface area contributed by atoms with Crippen LogP contribution in [0.1, 0.15) is 22.6 Å². The third kappa shape index (κ3) is 2.03. The molecular formula is C9H13NO. The van der Waals surface area contributed by atoms with Crippen LogP contribution >= 0.6 is 0 Å². The van der Waals surface area contributed by atoms with Crippen LogP contribution < -0.4 is 5.73 Å². The van der Waals surface area contributed by atoms with Crippen LogP contribution in [0.2, 0.25) is 0 Å². The van der Waals surface area contributed by atoms with Crippen molar-refractivity contribution in [1.82, 2.24) is 0 Å². The van der Waals surface area contributed by atoms with Gasteiger partial charge in [-0.25, -0.2) is 0 Å². The van der Waals surface area contributed by atoms with Gasteiger partial charge < -0.3 is 10.8 Å². The molecule has 0 heterocycles. The molecule has 2 nitrogen and oxygen atoms in total. The van der Waals surface area contributed by atoms with E-state index < -0.39 is 19.0 Å². The van der Waals surface area contributed by atoms with Crippen molar-refractivity contribution >= 4 is 0 Å². The van der Waals surface area contributed by atoms with Crippen LogP contribution in [0.15, 0.2) is 30.3 Å². The average Bonchev–Trinajstić information content (AvgIpc) is 2.15. The summed E-state index contributed by atoms with van der Waals surface area (Å²) in [4.78, 5) is 0. The number of hydrogen-bond acceptors (Lipinski definition) is 2. The zero-order chi connectivity index (χ0) is 10.8. The Bertz CT molecular complexity index is 286. The van der Waals surface area contributed by atoms with E-state index >= 15 is 0 Å². The van der Waals surface area contributed by atoms with E-state index in [1.165, 1.54) is 0 Å². The maximum atomic E-state index is 9.64. The molecule has 60 valence electrons. The third-order valence-corrected chi connectivity index (χ3v) is 1.48. The molecule has 0 aliphatic carbocycles. The molecule has 2 heteroatoms. The molecule has 0 aliphatic rings. The maximum absolute atomic E-state index is 9.64. The van der Waals surface area contributed by atoms with Crippen LogP contribution in [0.3, 0.4) is 0 Å². The summed E-state index contributed by atoms with van der Waals surface area (Å²) in [5.41, 5.74) is 5.94. The summed E-state index contributed by atoms with van der Waals surface area (Å²) in [6.07, 6.45) is -1.15. The number of aliphatic hydroxyl groups is 1. The molecule has 0 aliphatic heterocycles. The molecule has 0 aromatic heterocycles. The maximum Gasteiger partial charge on any atom is 0.0938 e. The summed E-state index contributed by atoms with van der Waals surface area (Å²) >= 11 is 0. The van der Waals surface area contributed by atoms with E-state index in [0.717, 1.165) is 0 Å². The van der Waals surface area contributed by atoms with Crippen molar-refractivity contribution in [2.24, 2.45) is 5.73 Å². The van der Waals surface area contributed by atoms with Crippen LogP contribution in [-0.4, -0.2) is 11.1 Å². The zero-order valence-electron chi connectivity index (χ0n) is 9.07. The number of rotatable bonds is 2. The highest BCUT2D eigenvalue weighted by Gasteiger charge is 2.10. The Labute approximate surface area is 70.9 Å². The lowest BCUT2D eigenvalue weighted by Gasteiger charge is -2.13. The van der Waals surface area contributed by atoms with Crippen LogP contribution in [0.4, 0.5) is 0 Å². The summed E-state index contributed by atoms with van der Waals surface area (Å²) < 4.78 is 21.2. The van der Waals surface area contributed by atoms with Gasteiger partial charge in [0, 0.05) is 10.2 Å². The van der Waals surface area contributed by atoms with Crippen LogP contribution in [-0.2, 0) is 0 Å². The van der Waals surface area contributed by atoms with Crippen LogP contribution in [0.5, 0.6) is 0 Å². The molecule has 2 atom stereocenters. The average molecular weight is 154 g/mol. The molecule has 0 fully saturated rings. The largest absolute Gasteiger partial charge is 0.387 e. The fourth-order valence-electron chi connectivity index (χ4n) is 0.858. The Morgan fingerprint density at radius 3 is 2.64 bits per heavy atom. The highest BCUT2D eigenvalue weighted by Crippen LogP contribution is 2.13. The number of hydrogen-bond donors (Lipinski definition) is 2. The SMILES string of the molecule is [2H]C([2H])([2H])[C@H](N)[C@@H](O)c1ccccc1. The zero-order valence-corrected chi connectivity index (χ0v) is 6.07. The minimum Gasteiger partial charge on any atom is -0.387 e. The topological polar surface area (TPSA) is 46.2 Å². The van der Waals surface area contributed by atoms with Gasteiger partial charge in [0.25, 0.3) is 0 Å². The Balaban J connectivity index is 2.81. The van der Waals surface area contributed by atoms with Gasteiger partial charge in [0.05, 0.1) is 6.10 Å². The normalized spacial score (nSPS) is 21.1. The second kappa shape index (κ2) is 3.51. The molecule has 0 radical (unpaired) electrons. The Hall–Kier alpha value is -0.860. The van der Waals surface area contributed by atoms with Gasteiger partial charge >= 0.3 is 0 Å². The molecule has 1 rings (SSSR count). The van der Waals surface area contributed by atoms with Gasteiger partial charge in [0.1, 0.15) is 0 Å². The molecule has 0 saturated heterocycles. The first-order chi connectivity index (χ1) is 6.43. The summed E-state index contributed by atoms with van der Waals surface area (Å²) in [6.45, 7) is -2.34. The van der Waals surface area contributed by atoms with E-state index in [-0.39, 0.29) is 0 Å². The molecule has 1 aromatic rings. The van der Waals surface area contributed by atoms with Crippen molar-refractivity contribution in [3.8, 4) is 0 Å². The first kappa shape index (κ1) is 4.91. The van der Waals surface area contributed by atoms with Crippen LogP contribution in [0, 0.1) is 0 Å². The quantitative estimate of drug-likeness (QED) is 0.669. The van der Waals surface area contributed by atoms with Gasteiger partial charge in [0.2, 0.25) is 0 Å². The molecule has 0 spiro atoms. The first-order valence-corrected chi connectivity index (χ1v) is 3.41. The lowest BCUT2D eigenvalue weighted by Crippen LogP contribution is -2.24. The summed E-state index contributed by atoms with van der Waals surface area (Å²) in [5, 5.41) is 9.64. The minimum absolute atomic E-state index is 0.524. The van der Waals surface area contributed by atoms with Crippen molar-refractivity contribution in [3.05, 3.63) is 35.9 Å². The van der Waals surface area contributed by atoms with E-state index in [0.29, 0.717) is 5.56 Å². The van der Waals surface area contributed by atoms with Crippen molar-refractivity contribution < 1.29 is 9.22 Å². The molecule has 0 unspecified atom stereocenters. The van der Waals surface area contributed by atoms with Gasteiger partial charge in [-0.3, -0.25) is 0 Å². The minimum atomic E-state index is -2.34. The lowest BCUT2D eigenvalue weighted by atomic mass is 10.0. The second-order valence-corrected chi connectivity index (χ2v) is 2.38. The smallest absolute Gasteiger partial charge is 0.0938 e. The predicted octanol–water partition coefficient (Wildman–Crippen LogP) is 1.07. The third-order valence-electron chi connectivity index (χ3n) is 1.48. The van der Waals surface area contributed by atoms with Crippen LogP contribution in [0.25, 0.3) is 0 Å². The van der Waals surface area contributed by atoms with E-state index in [1.54, 1.807) is 30.3 Å². The van der Waals surface area contributed by atoms with Gasteiger partial charge in [-0.15, -0.1) is 0 Å². The van der Waals surface area contributed by atoms with Gasteiger partial charge in [-0.2, -0.15) is 0 Å². The van der Waals surface area contributed by atoms with E-state index in [4.69, 9.17) is 9.85 Å². The van der Waals surface area contributed by atoms with E-state index in [1.807, 2.05) is 0 Å². The second-order valence-electron chi connectivity index (χ2n) is 2.38. The van der Waals surface area contributed by atoms with Gasteiger partial charge in [-0.1, -0.05) is 30.3 Å². The standard InChI is InChI=1S/C9H13NO/c1-7(10)9(11)8-5-3-2-4-6-8/h2-7,9,11H,10H2,1H3/t7-,9+/m0/s1/i1D3. The molecule has 0 saturated carbocycles. The highest BCUT2D eigenvalue weighted by molar-refractivity contribution is 5.18.